The summed E-state index contributed by atoms with van der Waals surface area (Å²) in [4.78, 5) is 16.2. The lowest BCUT2D eigenvalue weighted by Crippen LogP contribution is -2.30. The number of aryl methyl sites for hydroxylation is 1. The number of imidazole rings is 1. The van der Waals surface area contributed by atoms with Gasteiger partial charge >= 0.3 is 0 Å². The fourth-order valence-corrected chi connectivity index (χ4v) is 3.69. The number of nitrogens with zero attached hydrogens (tertiary/aromatic N) is 2. The van der Waals surface area contributed by atoms with Gasteiger partial charge in [-0.3, -0.25) is 10.5 Å². The molecule has 0 radical (unpaired) electrons. The van der Waals surface area contributed by atoms with E-state index >= 15 is 0 Å². The topological polar surface area (TPSA) is 115 Å². The number of hydrogen-bond acceptors (Lipinski definition) is 6. The number of aromatic nitrogens is 2. The third kappa shape index (κ3) is 2.65. The first kappa shape index (κ1) is 16.9. The average Bonchev–Trinajstić information content (AvgIpc) is 3.04. The van der Waals surface area contributed by atoms with E-state index in [1.807, 2.05) is 18.2 Å². The van der Waals surface area contributed by atoms with E-state index in [2.05, 4.69) is 4.57 Å². The van der Waals surface area contributed by atoms with Crippen molar-refractivity contribution in [3.63, 3.8) is 0 Å². The first-order chi connectivity index (χ1) is 13.5. The molecular formula is C20H20N4O4. The number of rotatable bonds is 4. The van der Waals surface area contributed by atoms with Gasteiger partial charge in [-0.15, -0.1) is 0 Å². The molecule has 2 aliphatic heterocycles. The predicted octanol–water partition coefficient (Wildman–Crippen LogP) is 2.09. The van der Waals surface area contributed by atoms with Crippen molar-refractivity contribution >= 4 is 16.9 Å². The Morgan fingerprint density at radius 2 is 2.18 bits per heavy atom. The maximum atomic E-state index is 11.4. The van der Waals surface area contributed by atoms with E-state index in [0.717, 1.165) is 46.7 Å². The molecule has 0 aliphatic carbocycles. The lowest BCUT2D eigenvalue weighted by molar-refractivity contribution is -0.123. The third-order valence-electron chi connectivity index (χ3n) is 5.06. The van der Waals surface area contributed by atoms with E-state index in [1.54, 1.807) is 19.1 Å². The summed E-state index contributed by atoms with van der Waals surface area (Å²) in [6.45, 7) is 2.98. The Hall–Kier alpha value is -3.26. The molecule has 4 N–H and O–H groups in total. The highest BCUT2D eigenvalue weighted by molar-refractivity contribution is 5.88. The van der Waals surface area contributed by atoms with Crippen LogP contribution in [0.3, 0.4) is 0 Å². The van der Waals surface area contributed by atoms with E-state index in [9.17, 15) is 4.79 Å². The maximum Gasteiger partial charge on any atom is 0.258 e. The summed E-state index contributed by atoms with van der Waals surface area (Å²) in [5.41, 5.74) is 14.8. The Morgan fingerprint density at radius 3 is 2.96 bits per heavy atom. The van der Waals surface area contributed by atoms with Crippen molar-refractivity contribution in [3.8, 4) is 28.6 Å². The fraction of sp³-hybridized carbons (Fsp3) is 0.300. The van der Waals surface area contributed by atoms with Gasteiger partial charge < -0.3 is 24.5 Å². The first-order valence-corrected chi connectivity index (χ1v) is 9.20. The van der Waals surface area contributed by atoms with E-state index < -0.39 is 18.2 Å². The molecule has 28 heavy (non-hydrogen) atoms. The van der Waals surface area contributed by atoms with Crippen LogP contribution in [0.1, 0.15) is 25.1 Å². The predicted molar refractivity (Wildman–Crippen MR) is 102 cm³/mol. The summed E-state index contributed by atoms with van der Waals surface area (Å²) in [5, 5.41) is 0. The zero-order valence-electron chi connectivity index (χ0n) is 15.3. The Balaban J connectivity index is 1.66. The Kier molecular flexibility index (Phi) is 3.70. The highest BCUT2D eigenvalue weighted by Gasteiger charge is 2.24. The maximum absolute atomic E-state index is 11.4. The molecule has 3 heterocycles. The molecule has 1 aromatic heterocycles. The van der Waals surface area contributed by atoms with Crippen LogP contribution in [0, 0.1) is 0 Å². The molecule has 0 fully saturated rings. The quantitative estimate of drug-likeness (QED) is 0.716. The SMILES string of the molecule is C[C@H](Oc1cc2c3c(c1)nc(-c1cc4cc(c1)C(N)O4)n3CCCO2)C(N)=O. The Labute approximate surface area is 161 Å². The molecular weight excluding hydrogens is 360 g/mol. The van der Waals surface area contributed by atoms with Crippen LogP contribution in [0.25, 0.3) is 22.4 Å². The van der Waals surface area contributed by atoms with Gasteiger partial charge in [-0.25, -0.2) is 4.98 Å². The summed E-state index contributed by atoms with van der Waals surface area (Å²) in [7, 11) is 0. The molecule has 2 bridgehead atoms. The summed E-state index contributed by atoms with van der Waals surface area (Å²) in [5.74, 6) is 2.21. The molecule has 2 aromatic carbocycles. The van der Waals surface area contributed by atoms with E-state index in [4.69, 9.17) is 30.7 Å². The van der Waals surface area contributed by atoms with Crippen LogP contribution >= 0.6 is 0 Å². The van der Waals surface area contributed by atoms with Gasteiger partial charge in [-0.1, -0.05) is 0 Å². The Morgan fingerprint density at radius 1 is 1.32 bits per heavy atom. The number of carbonyl (C=O) groups is 1. The third-order valence-corrected chi connectivity index (χ3v) is 5.06. The van der Waals surface area contributed by atoms with Crippen LogP contribution in [-0.4, -0.2) is 28.2 Å². The summed E-state index contributed by atoms with van der Waals surface area (Å²) in [6, 6.07) is 9.47. The van der Waals surface area contributed by atoms with Crippen LogP contribution in [0.4, 0.5) is 0 Å². The Bertz CT molecular complexity index is 1110. The molecule has 2 atom stereocenters. The molecule has 8 nitrogen and oxygen atoms in total. The zero-order chi connectivity index (χ0) is 19.4. The molecule has 0 spiro atoms. The minimum Gasteiger partial charge on any atom is -0.491 e. The van der Waals surface area contributed by atoms with Crippen molar-refractivity contribution in [2.45, 2.75) is 32.2 Å². The van der Waals surface area contributed by atoms with Crippen molar-refractivity contribution in [2.75, 3.05) is 6.61 Å². The highest BCUT2D eigenvalue weighted by atomic mass is 16.5. The summed E-state index contributed by atoms with van der Waals surface area (Å²) in [6.07, 6.45) is -0.334. The monoisotopic (exact) mass is 380 g/mol. The van der Waals surface area contributed by atoms with Gasteiger partial charge in [-0.2, -0.15) is 0 Å². The lowest BCUT2D eigenvalue weighted by atomic mass is 10.1. The molecule has 0 saturated carbocycles. The van der Waals surface area contributed by atoms with Crippen molar-refractivity contribution in [3.05, 3.63) is 35.9 Å². The number of carbonyl (C=O) groups excluding carboxylic acids is 1. The van der Waals surface area contributed by atoms with E-state index in [-0.39, 0.29) is 0 Å². The second-order valence-corrected chi connectivity index (χ2v) is 7.07. The van der Waals surface area contributed by atoms with Gasteiger partial charge in [0.25, 0.3) is 5.91 Å². The van der Waals surface area contributed by atoms with Crippen molar-refractivity contribution in [1.29, 1.82) is 0 Å². The van der Waals surface area contributed by atoms with Gasteiger partial charge in [-0.05, 0) is 31.5 Å². The number of benzene rings is 2. The van der Waals surface area contributed by atoms with Gasteiger partial charge in [0.05, 0.1) is 12.1 Å². The molecule has 5 rings (SSSR count). The minimum atomic E-state index is -0.746. The van der Waals surface area contributed by atoms with Gasteiger partial charge in [0.1, 0.15) is 28.6 Å². The standard InChI is InChI=1S/C20H20N4O4/c1-10(18(21)25)27-14-8-15-17-16(9-14)26-4-2-3-24(17)20(23-15)12-5-11-6-13(7-12)28-19(11)22/h5-10,19H,2-4,22H2,1H3,(H2,21,25)/t10-,19?/m0/s1. The van der Waals surface area contributed by atoms with Crippen LogP contribution in [-0.2, 0) is 11.3 Å². The second-order valence-electron chi connectivity index (χ2n) is 7.07. The van der Waals surface area contributed by atoms with E-state index in [1.165, 1.54) is 0 Å². The van der Waals surface area contributed by atoms with Crippen LogP contribution < -0.4 is 25.7 Å². The van der Waals surface area contributed by atoms with Crippen LogP contribution in [0.15, 0.2) is 30.3 Å². The summed E-state index contributed by atoms with van der Waals surface area (Å²) < 4.78 is 19.3. The summed E-state index contributed by atoms with van der Waals surface area (Å²) >= 11 is 0. The van der Waals surface area contributed by atoms with Crippen molar-refractivity contribution in [2.24, 2.45) is 11.5 Å². The van der Waals surface area contributed by atoms with Crippen molar-refractivity contribution in [1.82, 2.24) is 9.55 Å². The number of ether oxygens (including phenoxy) is 3. The molecule has 144 valence electrons. The first-order valence-electron chi connectivity index (χ1n) is 9.20. The molecule has 1 unspecified atom stereocenters. The second kappa shape index (κ2) is 6.13. The van der Waals surface area contributed by atoms with Crippen molar-refractivity contribution < 1.29 is 19.0 Å². The normalized spacial score (nSPS) is 18.3. The van der Waals surface area contributed by atoms with E-state index in [0.29, 0.717) is 18.1 Å². The molecule has 0 saturated heterocycles. The fourth-order valence-electron chi connectivity index (χ4n) is 3.69. The zero-order valence-corrected chi connectivity index (χ0v) is 15.3. The highest BCUT2D eigenvalue weighted by Crippen LogP contribution is 2.39. The molecule has 3 aromatic rings. The number of primary amides is 1. The van der Waals surface area contributed by atoms with Crippen LogP contribution in [0.2, 0.25) is 0 Å². The number of hydrogen-bond donors (Lipinski definition) is 2. The molecule has 1 amide bonds. The number of fused-ring (bicyclic) bond motifs is 2. The van der Waals surface area contributed by atoms with Crippen LogP contribution in [0.5, 0.6) is 17.2 Å². The van der Waals surface area contributed by atoms with Gasteiger partial charge in [0.15, 0.2) is 12.3 Å². The lowest BCUT2D eigenvalue weighted by Gasteiger charge is -2.13. The average molecular weight is 380 g/mol. The number of nitrogens with two attached hydrogens (primary N) is 2. The van der Waals surface area contributed by atoms with Gasteiger partial charge in [0, 0.05) is 29.8 Å². The number of amides is 1. The molecule has 8 heteroatoms. The largest absolute Gasteiger partial charge is 0.491 e. The smallest absolute Gasteiger partial charge is 0.258 e. The minimum absolute atomic E-state index is 0.438. The van der Waals surface area contributed by atoms with Gasteiger partial charge in [0.2, 0.25) is 0 Å². The molecule has 2 aliphatic rings.